The molecule has 110 valence electrons. The number of nitrogens with zero attached hydrogens (tertiary/aromatic N) is 1. The molecule has 0 unspecified atom stereocenters. The lowest BCUT2D eigenvalue weighted by Crippen LogP contribution is -2.02. The van der Waals surface area contributed by atoms with E-state index in [0.29, 0.717) is 5.56 Å². The molecular formula is C16H10FNO4. The highest BCUT2D eigenvalue weighted by atomic mass is 19.1. The summed E-state index contributed by atoms with van der Waals surface area (Å²) in [5, 5.41) is 28.9. The van der Waals surface area contributed by atoms with E-state index < -0.39 is 23.1 Å². The van der Waals surface area contributed by atoms with Crippen molar-refractivity contribution in [3.8, 4) is 22.8 Å². The van der Waals surface area contributed by atoms with Crippen LogP contribution in [0.1, 0.15) is 10.4 Å². The van der Waals surface area contributed by atoms with Gasteiger partial charge in [0.2, 0.25) is 0 Å². The quantitative estimate of drug-likeness (QED) is 0.676. The zero-order chi connectivity index (χ0) is 15.9. The number of hydrogen-bond acceptors (Lipinski definition) is 4. The number of fused-ring (bicyclic) bond motifs is 1. The number of benzene rings is 2. The van der Waals surface area contributed by atoms with Gasteiger partial charge >= 0.3 is 5.97 Å². The number of aromatic carboxylic acids is 1. The summed E-state index contributed by atoms with van der Waals surface area (Å²) in [6.07, 6.45) is 0. The van der Waals surface area contributed by atoms with Crippen LogP contribution in [-0.2, 0) is 0 Å². The Bertz CT molecular complexity index is 891. The summed E-state index contributed by atoms with van der Waals surface area (Å²) in [6, 6.07) is 9.32. The fraction of sp³-hybridized carbons (Fsp3) is 0. The second-order valence-electron chi connectivity index (χ2n) is 4.70. The number of hydrogen-bond donors (Lipinski definition) is 3. The van der Waals surface area contributed by atoms with Crippen molar-refractivity contribution in [3.05, 3.63) is 53.8 Å². The lowest BCUT2D eigenvalue weighted by atomic mass is 10.0. The van der Waals surface area contributed by atoms with Crippen molar-refractivity contribution < 1.29 is 24.5 Å². The van der Waals surface area contributed by atoms with Gasteiger partial charge in [0.1, 0.15) is 22.8 Å². The molecule has 1 heterocycles. The predicted molar refractivity (Wildman–Crippen MR) is 77.4 cm³/mol. The van der Waals surface area contributed by atoms with E-state index in [9.17, 15) is 24.5 Å². The van der Waals surface area contributed by atoms with Gasteiger partial charge in [-0.05, 0) is 42.5 Å². The number of rotatable bonds is 2. The molecule has 0 aliphatic heterocycles. The zero-order valence-electron chi connectivity index (χ0n) is 11.1. The molecule has 22 heavy (non-hydrogen) atoms. The van der Waals surface area contributed by atoms with Crippen molar-refractivity contribution in [2.45, 2.75) is 0 Å². The van der Waals surface area contributed by atoms with Gasteiger partial charge in [-0.25, -0.2) is 14.2 Å². The van der Waals surface area contributed by atoms with Crippen LogP contribution in [0.4, 0.5) is 4.39 Å². The van der Waals surface area contributed by atoms with Gasteiger partial charge in [0.25, 0.3) is 0 Å². The topological polar surface area (TPSA) is 90.7 Å². The first kappa shape index (κ1) is 13.8. The van der Waals surface area contributed by atoms with Crippen molar-refractivity contribution in [3.63, 3.8) is 0 Å². The Labute approximate surface area is 123 Å². The molecule has 3 N–H and O–H groups in total. The Morgan fingerprint density at radius 1 is 1.05 bits per heavy atom. The van der Waals surface area contributed by atoms with Crippen molar-refractivity contribution in [2.24, 2.45) is 0 Å². The minimum atomic E-state index is -1.38. The van der Waals surface area contributed by atoms with Gasteiger partial charge in [-0.3, -0.25) is 0 Å². The molecule has 1 aromatic heterocycles. The molecule has 0 saturated carbocycles. The van der Waals surface area contributed by atoms with E-state index >= 15 is 0 Å². The van der Waals surface area contributed by atoms with Crippen molar-refractivity contribution >= 4 is 16.9 Å². The van der Waals surface area contributed by atoms with Gasteiger partial charge in [0.05, 0.1) is 5.52 Å². The highest BCUT2D eigenvalue weighted by Gasteiger charge is 2.21. The van der Waals surface area contributed by atoms with Crippen LogP contribution in [-0.4, -0.2) is 26.3 Å². The SMILES string of the molecule is O=C(O)c1c(O)c(-c2ccc(O)cc2)nc2ccc(F)cc12. The molecule has 5 nitrogen and oxygen atoms in total. The number of carboxylic acid groups (broad SMARTS) is 1. The summed E-state index contributed by atoms with van der Waals surface area (Å²) in [5.74, 6) is -2.51. The normalized spacial score (nSPS) is 10.8. The third kappa shape index (κ3) is 2.20. The first-order chi connectivity index (χ1) is 10.5. The van der Waals surface area contributed by atoms with Crippen LogP contribution in [0.15, 0.2) is 42.5 Å². The second-order valence-corrected chi connectivity index (χ2v) is 4.70. The highest BCUT2D eigenvalue weighted by Crippen LogP contribution is 2.36. The van der Waals surface area contributed by atoms with Crippen LogP contribution in [0.25, 0.3) is 22.2 Å². The predicted octanol–water partition coefficient (Wildman–Crippen LogP) is 3.15. The van der Waals surface area contributed by atoms with Crippen LogP contribution in [0.2, 0.25) is 0 Å². The summed E-state index contributed by atoms with van der Waals surface area (Å²) in [6.45, 7) is 0. The van der Waals surface area contributed by atoms with E-state index in [2.05, 4.69) is 4.98 Å². The average molecular weight is 299 g/mol. The fourth-order valence-electron chi connectivity index (χ4n) is 2.26. The Morgan fingerprint density at radius 2 is 1.73 bits per heavy atom. The number of aromatic nitrogens is 1. The van der Waals surface area contributed by atoms with E-state index in [1.54, 1.807) is 0 Å². The molecule has 0 radical (unpaired) electrons. The molecular weight excluding hydrogens is 289 g/mol. The van der Waals surface area contributed by atoms with E-state index in [1.807, 2.05) is 0 Å². The zero-order valence-corrected chi connectivity index (χ0v) is 11.1. The van der Waals surface area contributed by atoms with Crippen LogP contribution < -0.4 is 0 Å². The Kier molecular flexibility index (Phi) is 3.14. The maximum Gasteiger partial charge on any atom is 0.340 e. The Morgan fingerprint density at radius 3 is 2.36 bits per heavy atom. The van der Waals surface area contributed by atoms with Crippen LogP contribution in [0.3, 0.4) is 0 Å². The number of carboxylic acids is 1. The van der Waals surface area contributed by atoms with Gasteiger partial charge in [-0.1, -0.05) is 0 Å². The summed E-state index contributed by atoms with van der Waals surface area (Å²) < 4.78 is 13.3. The molecule has 0 aliphatic rings. The molecule has 0 saturated heterocycles. The maximum atomic E-state index is 13.3. The number of aromatic hydroxyl groups is 2. The Hall–Kier alpha value is -3.15. The van der Waals surface area contributed by atoms with Crippen LogP contribution >= 0.6 is 0 Å². The lowest BCUT2D eigenvalue weighted by molar-refractivity contribution is 0.0696. The molecule has 3 aromatic rings. The van der Waals surface area contributed by atoms with Gasteiger partial charge < -0.3 is 15.3 Å². The second kappa shape index (κ2) is 5.00. The molecule has 0 fully saturated rings. The summed E-state index contributed by atoms with van der Waals surface area (Å²) in [4.78, 5) is 15.6. The number of halogens is 1. The fourth-order valence-corrected chi connectivity index (χ4v) is 2.26. The molecule has 0 amide bonds. The molecule has 0 atom stereocenters. The van der Waals surface area contributed by atoms with E-state index in [1.165, 1.54) is 36.4 Å². The Balaban J connectivity index is 2.37. The minimum Gasteiger partial charge on any atom is -0.508 e. The summed E-state index contributed by atoms with van der Waals surface area (Å²) in [7, 11) is 0. The highest BCUT2D eigenvalue weighted by molar-refractivity contribution is 6.07. The minimum absolute atomic E-state index is 0.0209. The third-order valence-corrected chi connectivity index (χ3v) is 3.28. The van der Waals surface area contributed by atoms with Crippen molar-refractivity contribution in [1.82, 2.24) is 4.98 Å². The molecule has 2 aromatic carbocycles. The average Bonchev–Trinajstić information content (AvgIpc) is 2.47. The number of phenols is 1. The van der Waals surface area contributed by atoms with Gasteiger partial charge in [0.15, 0.2) is 5.75 Å². The smallest absolute Gasteiger partial charge is 0.340 e. The van der Waals surface area contributed by atoms with Gasteiger partial charge in [-0.15, -0.1) is 0 Å². The number of carbonyl (C=O) groups is 1. The molecule has 0 spiro atoms. The maximum absolute atomic E-state index is 13.3. The van der Waals surface area contributed by atoms with Crippen molar-refractivity contribution in [1.29, 1.82) is 0 Å². The van der Waals surface area contributed by atoms with Crippen LogP contribution in [0, 0.1) is 5.82 Å². The molecule has 3 rings (SSSR count). The lowest BCUT2D eigenvalue weighted by Gasteiger charge is -2.10. The number of phenolic OH excluding ortho intramolecular Hbond substituents is 1. The monoisotopic (exact) mass is 299 g/mol. The molecule has 0 aliphatic carbocycles. The third-order valence-electron chi connectivity index (χ3n) is 3.28. The molecule has 6 heteroatoms. The standard InChI is InChI=1S/C16H10FNO4/c17-9-3-6-12-11(7-9)13(16(21)22)15(20)14(18-12)8-1-4-10(19)5-2-8/h1-7,19-20H,(H,21,22). The largest absolute Gasteiger partial charge is 0.508 e. The number of pyridine rings is 1. The summed E-state index contributed by atoms with van der Waals surface area (Å²) in [5.41, 5.74) is 0.327. The van der Waals surface area contributed by atoms with Gasteiger partial charge in [-0.2, -0.15) is 0 Å². The molecule has 0 bridgehead atoms. The van der Waals surface area contributed by atoms with E-state index in [0.717, 1.165) is 6.07 Å². The van der Waals surface area contributed by atoms with Gasteiger partial charge in [0, 0.05) is 10.9 Å². The van der Waals surface area contributed by atoms with Crippen LogP contribution in [0.5, 0.6) is 11.5 Å². The van der Waals surface area contributed by atoms with E-state index in [-0.39, 0.29) is 22.3 Å². The summed E-state index contributed by atoms with van der Waals surface area (Å²) >= 11 is 0. The first-order valence-corrected chi connectivity index (χ1v) is 6.32. The first-order valence-electron chi connectivity index (χ1n) is 6.32. The van der Waals surface area contributed by atoms with E-state index in [4.69, 9.17) is 0 Å². The van der Waals surface area contributed by atoms with Crippen molar-refractivity contribution in [2.75, 3.05) is 0 Å².